The first-order valence-corrected chi connectivity index (χ1v) is 12.1. The monoisotopic (exact) mass is 471 g/mol. The maximum atomic E-state index is 13.4. The van der Waals surface area contributed by atoms with Gasteiger partial charge in [-0.3, -0.25) is 4.79 Å². The largest absolute Gasteiger partial charge is 0.356 e. The van der Waals surface area contributed by atoms with Gasteiger partial charge in [0.25, 0.3) is 0 Å². The Morgan fingerprint density at radius 1 is 0.943 bits per heavy atom. The molecule has 0 aliphatic rings. The molecule has 5 heteroatoms. The number of hydrogen-bond donors (Lipinski definition) is 1. The highest BCUT2D eigenvalue weighted by Crippen LogP contribution is 2.41. The number of amides is 1. The van der Waals surface area contributed by atoms with Crippen LogP contribution in [0, 0.1) is 16.6 Å². The number of hydrogen-bond acceptors (Lipinski definition) is 2. The number of carbonyl (C=O) groups excluding carboxylic acids is 1. The van der Waals surface area contributed by atoms with Crippen LogP contribution in [0.4, 0.5) is 4.39 Å². The van der Waals surface area contributed by atoms with E-state index in [1.54, 1.807) is 12.1 Å². The van der Waals surface area contributed by atoms with Gasteiger partial charge in [0.1, 0.15) is 5.82 Å². The van der Waals surface area contributed by atoms with E-state index in [0.717, 1.165) is 22.2 Å². The Hall–Kier alpha value is -3.47. The number of halogens is 1. The predicted octanol–water partition coefficient (Wildman–Crippen LogP) is 6.88. The van der Waals surface area contributed by atoms with Crippen LogP contribution in [0.5, 0.6) is 0 Å². The Kier molecular flexibility index (Phi) is 6.79. The van der Waals surface area contributed by atoms with Gasteiger partial charge >= 0.3 is 0 Å². The van der Waals surface area contributed by atoms with E-state index in [4.69, 9.17) is 0 Å². The van der Waals surface area contributed by atoms with Gasteiger partial charge in [-0.05, 0) is 58.4 Å². The Labute approximate surface area is 207 Å². The smallest absolute Gasteiger partial charge is 0.220 e. The summed E-state index contributed by atoms with van der Waals surface area (Å²) < 4.78 is 15.2. The molecule has 1 amide bonds. The van der Waals surface area contributed by atoms with E-state index < -0.39 is 0 Å². The molecule has 4 rings (SSSR count). The molecule has 0 radical (unpaired) electrons. The van der Waals surface area contributed by atoms with E-state index in [-0.39, 0.29) is 28.5 Å². The average Bonchev–Trinajstić information content (AvgIpc) is 3.21. The van der Waals surface area contributed by atoms with Crippen molar-refractivity contribution in [2.45, 2.75) is 47.0 Å². The molecule has 0 saturated carbocycles. The topological polar surface area (TPSA) is 46.9 Å². The highest BCUT2D eigenvalue weighted by molar-refractivity contribution is 5.81. The van der Waals surface area contributed by atoms with Gasteiger partial charge in [-0.2, -0.15) is 5.10 Å². The molecule has 1 aromatic heterocycles. The van der Waals surface area contributed by atoms with Gasteiger partial charge in [-0.1, -0.05) is 71.0 Å². The summed E-state index contributed by atoms with van der Waals surface area (Å²) in [4.78, 5) is 12.6. The van der Waals surface area contributed by atoms with Crippen LogP contribution in [0.15, 0.2) is 79.0 Å². The van der Waals surface area contributed by atoms with Crippen LogP contribution in [0.2, 0.25) is 0 Å². The molecule has 35 heavy (non-hydrogen) atoms. The van der Waals surface area contributed by atoms with E-state index in [0.29, 0.717) is 13.0 Å². The Balaban J connectivity index is 1.68. The van der Waals surface area contributed by atoms with Gasteiger partial charge in [-0.15, -0.1) is 0 Å². The van der Waals surface area contributed by atoms with Crippen LogP contribution in [0.1, 0.15) is 58.1 Å². The number of benzene rings is 3. The van der Waals surface area contributed by atoms with Crippen LogP contribution >= 0.6 is 0 Å². The number of aromatic nitrogens is 2. The first-order chi connectivity index (χ1) is 16.5. The van der Waals surface area contributed by atoms with Crippen molar-refractivity contribution in [1.82, 2.24) is 15.1 Å². The predicted molar refractivity (Wildman–Crippen MR) is 140 cm³/mol. The number of fused-ring (bicyclic) bond motifs is 1. The van der Waals surface area contributed by atoms with E-state index in [2.05, 4.69) is 87.5 Å². The van der Waals surface area contributed by atoms with Gasteiger partial charge < -0.3 is 5.32 Å². The van der Waals surface area contributed by atoms with Crippen molar-refractivity contribution in [1.29, 1.82) is 0 Å². The summed E-state index contributed by atoms with van der Waals surface area (Å²) >= 11 is 0. The third-order valence-electron chi connectivity index (χ3n) is 6.34. The molecule has 1 unspecified atom stereocenters. The third kappa shape index (κ3) is 5.79. The summed E-state index contributed by atoms with van der Waals surface area (Å²) in [5.41, 5.74) is 3.85. The Bertz CT molecular complexity index is 1300. The second-order valence-corrected chi connectivity index (χ2v) is 11.2. The van der Waals surface area contributed by atoms with Crippen LogP contribution in [0.3, 0.4) is 0 Å². The first kappa shape index (κ1) is 24.6. The maximum absolute atomic E-state index is 13.4. The van der Waals surface area contributed by atoms with Gasteiger partial charge in [-0.25, -0.2) is 9.07 Å². The van der Waals surface area contributed by atoms with E-state index >= 15 is 0 Å². The molecule has 3 aromatic carbocycles. The summed E-state index contributed by atoms with van der Waals surface area (Å²) in [5.74, 6) is -0.124. The Morgan fingerprint density at radius 3 is 2.29 bits per heavy atom. The fourth-order valence-electron chi connectivity index (χ4n) is 4.73. The summed E-state index contributed by atoms with van der Waals surface area (Å²) in [5, 5.41) is 8.76. The van der Waals surface area contributed by atoms with E-state index in [1.807, 2.05) is 16.9 Å². The molecule has 0 aliphatic heterocycles. The van der Waals surface area contributed by atoms with Crippen LogP contribution in [0.25, 0.3) is 16.6 Å². The molecule has 0 fully saturated rings. The van der Waals surface area contributed by atoms with Crippen molar-refractivity contribution >= 4 is 16.8 Å². The first-order valence-electron chi connectivity index (χ1n) is 12.1. The van der Waals surface area contributed by atoms with Crippen molar-refractivity contribution in [3.63, 3.8) is 0 Å². The number of rotatable bonds is 7. The van der Waals surface area contributed by atoms with E-state index in [9.17, 15) is 9.18 Å². The molecule has 0 bridgehead atoms. The fraction of sp³-hybridized carbons (Fsp3) is 0.333. The zero-order valence-corrected chi connectivity index (χ0v) is 21.2. The summed E-state index contributed by atoms with van der Waals surface area (Å²) in [6, 6.07) is 23.2. The fourth-order valence-corrected chi connectivity index (χ4v) is 4.73. The van der Waals surface area contributed by atoms with Crippen molar-refractivity contribution in [3.8, 4) is 5.69 Å². The molecule has 182 valence electrons. The van der Waals surface area contributed by atoms with Crippen LogP contribution < -0.4 is 5.32 Å². The minimum Gasteiger partial charge on any atom is -0.356 e. The molecule has 0 aliphatic carbocycles. The molecule has 4 nitrogen and oxygen atoms in total. The minimum atomic E-state index is -0.268. The Morgan fingerprint density at radius 2 is 1.63 bits per heavy atom. The summed E-state index contributed by atoms with van der Waals surface area (Å²) in [7, 11) is 0. The zero-order chi connectivity index (χ0) is 25.2. The van der Waals surface area contributed by atoms with Crippen molar-refractivity contribution < 1.29 is 9.18 Å². The summed E-state index contributed by atoms with van der Waals surface area (Å²) in [6.45, 7) is 11.2. The molecule has 1 heterocycles. The normalized spacial score (nSPS) is 13.1. The SMILES string of the molecule is CC(C)(C)CC(=O)NCC(C)(C)C(c1ccccc1)c1ccc2c(cnn2-c2ccc(F)cc2)c1. The lowest BCUT2D eigenvalue weighted by Crippen LogP contribution is -2.39. The van der Waals surface area contributed by atoms with Gasteiger partial charge in [0.2, 0.25) is 5.91 Å². The second-order valence-electron chi connectivity index (χ2n) is 11.2. The lowest BCUT2D eigenvalue weighted by molar-refractivity contribution is -0.123. The highest BCUT2D eigenvalue weighted by atomic mass is 19.1. The second kappa shape index (κ2) is 9.65. The van der Waals surface area contributed by atoms with Crippen LogP contribution in [-0.4, -0.2) is 22.2 Å². The molecule has 1 atom stereocenters. The van der Waals surface area contributed by atoms with Gasteiger partial charge in [0, 0.05) is 24.3 Å². The zero-order valence-electron chi connectivity index (χ0n) is 21.2. The van der Waals surface area contributed by atoms with E-state index in [1.165, 1.54) is 17.7 Å². The maximum Gasteiger partial charge on any atom is 0.220 e. The number of nitrogens with one attached hydrogen (secondary N) is 1. The standard InChI is InChI=1S/C30H34FN3O/c1-29(2,3)18-27(35)32-20-30(4,5)28(21-9-7-6-8-10-21)22-11-16-26-23(17-22)19-33-34(26)25-14-12-24(31)13-15-25/h6-17,19,28H,18,20H2,1-5H3,(H,32,35). The highest BCUT2D eigenvalue weighted by Gasteiger charge is 2.33. The number of nitrogens with zero attached hydrogens (tertiary/aromatic N) is 2. The molecular formula is C30H34FN3O. The average molecular weight is 472 g/mol. The van der Waals surface area contributed by atoms with Crippen molar-refractivity contribution in [2.75, 3.05) is 6.54 Å². The van der Waals surface area contributed by atoms with Crippen molar-refractivity contribution in [3.05, 3.63) is 95.9 Å². The molecule has 1 N–H and O–H groups in total. The number of carbonyl (C=O) groups is 1. The van der Waals surface area contributed by atoms with Crippen molar-refractivity contribution in [2.24, 2.45) is 10.8 Å². The van der Waals surface area contributed by atoms with Gasteiger partial charge in [0.15, 0.2) is 0 Å². The van der Waals surface area contributed by atoms with Crippen LogP contribution in [-0.2, 0) is 4.79 Å². The molecule has 0 saturated heterocycles. The molecular weight excluding hydrogens is 437 g/mol. The minimum absolute atomic E-state index is 0.0528. The summed E-state index contributed by atoms with van der Waals surface area (Å²) in [6.07, 6.45) is 2.34. The third-order valence-corrected chi connectivity index (χ3v) is 6.34. The lowest BCUT2D eigenvalue weighted by Gasteiger charge is -2.36. The molecule has 0 spiro atoms. The molecule has 4 aromatic rings. The quantitative estimate of drug-likeness (QED) is 0.319. The van der Waals surface area contributed by atoms with Gasteiger partial charge in [0.05, 0.1) is 17.4 Å². The lowest BCUT2D eigenvalue weighted by atomic mass is 9.71.